The summed E-state index contributed by atoms with van der Waals surface area (Å²) in [6.45, 7) is 1.68. The number of hydrogen-bond acceptors (Lipinski definition) is 8. The standard InChI is InChI=1S/C21H19ClN4O5S2/c1-13-11-20(33(23,29)30)19(12-18(13)22)32-21(14-3-9-17(31-2)10-4-14)25-24-15-5-7-16(8-6-15)26(27)28/h3-12,24H,1-2H3,(H2,23,29,30)/b25-21-. The number of thioether (sulfide) groups is 1. The number of rotatable bonds is 7. The summed E-state index contributed by atoms with van der Waals surface area (Å²) in [4.78, 5) is 10.6. The van der Waals surface area contributed by atoms with Crippen molar-refractivity contribution in [2.24, 2.45) is 10.2 Å². The molecular weight excluding hydrogens is 488 g/mol. The Morgan fingerprint density at radius 1 is 1.15 bits per heavy atom. The van der Waals surface area contributed by atoms with Crippen molar-refractivity contribution in [2.75, 3.05) is 12.5 Å². The van der Waals surface area contributed by atoms with E-state index in [4.69, 9.17) is 21.5 Å². The molecule has 0 amide bonds. The number of nitro benzene ring substituents is 1. The average molecular weight is 507 g/mol. The number of nitrogens with zero attached hydrogens (tertiary/aromatic N) is 2. The van der Waals surface area contributed by atoms with Crippen LogP contribution in [0.2, 0.25) is 5.02 Å². The van der Waals surface area contributed by atoms with Gasteiger partial charge in [-0.25, -0.2) is 13.6 Å². The number of nitrogens with two attached hydrogens (primary N) is 1. The van der Waals surface area contributed by atoms with Crippen LogP contribution in [0, 0.1) is 17.0 Å². The van der Waals surface area contributed by atoms with Gasteiger partial charge >= 0.3 is 0 Å². The Labute approximate surface area is 199 Å². The second-order valence-electron chi connectivity index (χ2n) is 6.76. The smallest absolute Gasteiger partial charge is 0.269 e. The fraction of sp³-hybridized carbons (Fsp3) is 0.0952. The van der Waals surface area contributed by atoms with E-state index in [0.29, 0.717) is 37.5 Å². The van der Waals surface area contributed by atoms with Crippen molar-refractivity contribution in [3.8, 4) is 5.75 Å². The van der Waals surface area contributed by atoms with Gasteiger partial charge in [-0.05, 0) is 61.0 Å². The molecule has 0 spiro atoms. The maximum Gasteiger partial charge on any atom is 0.269 e. The molecule has 0 aliphatic carbocycles. The summed E-state index contributed by atoms with van der Waals surface area (Å²) in [5.41, 5.74) is 4.51. The molecule has 3 aromatic rings. The number of hydrazone groups is 1. The third kappa shape index (κ3) is 6.23. The maximum atomic E-state index is 12.2. The fourth-order valence-corrected chi connectivity index (χ4v) is 4.97. The number of halogens is 1. The molecular formula is C21H19ClN4O5S2. The number of primary sulfonamides is 1. The third-order valence-electron chi connectivity index (χ3n) is 4.44. The Balaban J connectivity index is 2.03. The molecule has 3 rings (SSSR count). The highest BCUT2D eigenvalue weighted by Gasteiger charge is 2.19. The normalized spacial score (nSPS) is 11.8. The number of nitrogens with one attached hydrogen (secondary N) is 1. The lowest BCUT2D eigenvalue weighted by molar-refractivity contribution is -0.384. The zero-order valence-electron chi connectivity index (χ0n) is 17.5. The first-order valence-electron chi connectivity index (χ1n) is 9.32. The molecule has 172 valence electrons. The lowest BCUT2D eigenvalue weighted by Crippen LogP contribution is -2.14. The molecule has 0 aliphatic rings. The highest BCUT2D eigenvalue weighted by Crippen LogP contribution is 2.34. The SMILES string of the molecule is COc1ccc(/C(=N/Nc2ccc([N+](=O)[O-])cc2)Sc2cc(Cl)c(C)cc2S(N)(=O)=O)cc1. The molecule has 9 nitrogen and oxygen atoms in total. The number of hydrogen-bond donors (Lipinski definition) is 2. The van der Waals surface area contributed by atoms with Crippen molar-refractivity contribution in [1.82, 2.24) is 0 Å². The first-order chi connectivity index (χ1) is 15.6. The van der Waals surface area contributed by atoms with Crippen molar-refractivity contribution >= 4 is 49.8 Å². The number of nitro groups is 1. The summed E-state index contributed by atoms with van der Waals surface area (Å²) in [6, 6.07) is 15.6. The number of benzene rings is 3. The van der Waals surface area contributed by atoms with Crippen molar-refractivity contribution in [2.45, 2.75) is 16.7 Å². The molecule has 0 bridgehead atoms. The van der Waals surface area contributed by atoms with Crippen LogP contribution in [0.5, 0.6) is 5.75 Å². The van der Waals surface area contributed by atoms with Crippen LogP contribution >= 0.6 is 23.4 Å². The molecule has 33 heavy (non-hydrogen) atoms. The zero-order chi connectivity index (χ0) is 24.2. The molecule has 0 atom stereocenters. The van der Waals surface area contributed by atoms with Crippen LogP contribution in [0.25, 0.3) is 0 Å². The van der Waals surface area contributed by atoms with E-state index in [1.165, 1.54) is 36.4 Å². The van der Waals surface area contributed by atoms with Gasteiger partial charge in [0.25, 0.3) is 5.69 Å². The molecule has 0 saturated carbocycles. The summed E-state index contributed by atoms with van der Waals surface area (Å²) in [5, 5.41) is 21.5. The van der Waals surface area contributed by atoms with E-state index in [1.54, 1.807) is 38.3 Å². The molecule has 3 aromatic carbocycles. The first kappa shape index (κ1) is 24.5. The van der Waals surface area contributed by atoms with Gasteiger partial charge < -0.3 is 4.74 Å². The van der Waals surface area contributed by atoms with Gasteiger partial charge in [-0.1, -0.05) is 23.4 Å². The number of anilines is 1. The minimum Gasteiger partial charge on any atom is -0.497 e. The van der Waals surface area contributed by atoms with E-state index in [2.05, 4.69) is 10.5 Å². The number of non-ortho nitro benzene ring substituents is 1. The Kier molecular flexibility index (Phi) is 7.59. The van der Waals surface area contributed by atoms with Gasteiger partial charge in [0.15, 0.2) is 0 Å². The van der Waals surface area contributed by atoms with Crippen molar-refractivity contribution in [3.05, 3.63) is 86.9 Å². The molecule has 12 heteroatoms. The minimum atomic E-state index is -4.03. The summed E-state index contributed by atoms with van der Waals surface area (Å²) in [7, 11) is -2.49. The Morgan fingerprint density at radius 2 is 1.79 bits per heavy atom. The van der Waals surface area contributed by atoms with E-state index >= 15 is 0 Å². The van der Waals surface area contributed by atoms with Gasteiger partial charge in [0, 0.05) is 27.6 Å². The Hall–Kier alpha value is -3.12. The predicted octanol–water partition coefficient (Wildman–Crippen LogP) is 4.78. The van der Waals surface area contributed by atoms with E-state index in [9.17, 15) is 18.5 Å². The number of methoxy groups -OCH3 is 1. The Morgan fingerprint density at radius 3 is 2.33 bits per heavy atom. The van der Waals surface area contributed by atoms with E-state index in [0.717, 1.165) is 11.8 Å². The molecule has 3 N–H and O–H groups in total. The topological polar surface area (TPSA) is 137 Å². The summed E-state index contributed by atoms with van der Waals surface area (Å²) in [6.07, 6.45) is 0. The quantitative estimate of drug-likeness (QED) is 0.155. The van der Waals surface area contributed by atoms with Gasteiger partial charge in [-0.3, -0.25) is 15.5 Å². The zero-order valence-corrected chi connectivity index (χ0v) is 19.9. The average Bonchev–Trinajstić information content (AvgIpc) is 2.78. The molecule has 0 fully saturated rings. The monoisotopic (exact) mass is 506 g/mol. The largest absolute Gasteiger partial charge is 0.497 e. The number of aryl methyl sites for hydroxylation is 1. The highest BCUT2D eigenvalue weighted by molar-refractivity contribution is 8.14. The van der Waals surface area contributed by atoms with Gasteiger partial charge in [-0.15, -0.1) is 0 Å². The molecule has 0 aromatic heterocycles. The van der Waals surface area contributed by atoms with Crippen LogP contribution in [0.3, 0.4) is 0 Å². The fourth-order valence-electron chi connectivity index (χ4n) is 2.70. The van der Waals surface area contributed by atoms with E-state index in [1.807, 2.05) is 0 Å². The second-order valence-corrected chi connectivity index (χ2v) is 9.72. The number of sulfonamides is 1. The van der Waals surface area contributed by atoms with Crippen molar-refractivity contribution < 1.29 is 18.1 Å². The predicted molar refractivity (Wildman–Crippen MR) is 130 cm³/mol. The number of ether oxygens (including phenoxy) is 1. The van der Waals surface area contributed by atoms with E-state index < -0.39 is 14.9 Å². The second kappa shape index (κ2) is 10.2. The van der Waals surface area contributed by atoms with Crippen LogP contribution < -0.4 is 15.3 Å². The summed E-state index contributed by atoms with van der Waals surface area (Å²) in [5.74, 6) is 0.634. The minimum absolute atomic E-state index is 0.0543. The van der Waals surface area contributed by atoms with Crippen molar-refractivity contribution in [3.63, 3.8) is 0 Å². The Bertz CT molecular complexity index is 1310. The van der Waals surface area contributed by atoms with Gasteiger partial charge in [0.05, 0.1) is 22.6 Å². The maximum absolute atomic E-state index is 12.2. The molecule has 0 aliphatic heterocycles. The van der Waals surface area contributed by atoms with Gasteiger partial charge in [-0.2, -0.15) is 5.10 Å². The van der Waals surface area contributed by atoms with Gasteiger partial charge in [0.2, 0.25) is 10.0 Å². The molecule has 0 unspecified atom stereocenters. The molecule has 0 heterocycles. The third-order valence-corrected chi connectivity index (χ3v) is 7.01. The van der Waals surface area contributed by atoms with Gasteiger partial charge in [0.1, 0.15) is 10.8 Å². The molecule has 0 radical (unpaired) electrons. The van der Waals surface area contributed by atoms with Crippen LogP contribution in [0.1, 0.15) is 11.1 Å². The van der Waals surface area contributed by atoms with E-state index in [-0.39, 0.29) is 10.6 Å². The molecule has 0 saturated heterocycles. The van der Waals surface area contributed by atoms with Crippen LogP contribution in [-0.2, 0) is 10.0 Å². The highest BCUT2D eigenvalue weighted by atomic mass is 35.5. The van der Waals surface area contributed by atoms with Crippen LogP contribution in [0.4, 0.5) is 11.4 Å². The lowest BCUT2D eigenvalue weighted by atomic mass is 10.2. The summed E-state index contributed by atoms with van der Waals surface area (Å²) < 4.78 is 29.5. The van der Waals surface area contributed by atoms with Crippen LogP contribution in [-0.4, -0.2) is 25.5 Å². The van der Waals surface area contributed by atoms with Crippen molar-refractivity contribution in [1.29, 1.82) is 0 Å². The summed E-state index contributed by atoms with van der Waals surface area (Å²) >= 11 is 7.30. The first-order valence-corrected chi connectivity index (χ1v) is 12.1. The van der Waals surface area contributed by atoms with Crippen LogP contribution in [0.15, 0.2) is 75.6 Å². The lowest BCUT2D eigenvalue weighted by Gasteiger charge is -2.13.